The van der Waals surface area contributed by atoms with Crippen molar-refractivity contribution in [3.05, 3.63) is 38.3 Å². The summed E-state index contributed by atoms with van der Waals surface area (Å²) in [6.07, 6.45) is 32.5. The molecule has 0 fully saturated rings. The third-order valence-corrected chi connectivity index (χ3v) is 11.6. The molecule has 4 unspecified atom stereocenters. The minimum absolute atomic E-state index is 0. The molecule has 5 N–H and O–H groups in total. The summed E-state index contributed by atoms with van der Waals surface area (Å²) in [5.74, 6) is -4.65. The monoisotopic (exact) mass is 1050 g/mol. The van der Waals surface area contributed by atoms with Crippen LogP contribution in [-0.4, -0.2) is 89.1 Å². The Hall–Kier alpha value is -4.07. The number of carbonyl (C=O) groups is 5. The summed E-state index contributed by atoms with van der Waals surface area (Å²) in [5, 5.41) is 44.9. The molecule has 0 aliphatic rings. The molecule has 18 heteroatoms. The lowest BCUT2D eigenvalue weighted by molar-refractivity contribution is -0.383. The Morgan fingerprint density at radius 1 is 0.397 bits per heavy atom. The third-order valence-electron chi connectivity index (χ3n) is 11.6. The summed E-state index contributed by atoms with van der Waals surface area (Å²) in [7, 11) is 1.48. The maximum absolute atomic E-state index is 11.5. The number of aliphatic carboxylic acids is 5. The molecule has 0 radical (unpaired) electrons. The van der Waals surface area contributed by atoms with Gasteiger partial charge in [-0.05, 0) is 71.1 Å². The van der Waals surface area contributed by atoms with E-state index in [-0.39, 0.29) is 37.9 Å². The van der Waals surface area contributed by atoms with E-state index in [9.17, 15) is 39.3 Å². The van der Waals surface area contributed by atoms with E-state index in [1.165, 1.54) is 26.4 Å². The van der Waals surface area contributed by atoms with Gasteiger partial charge in [0.05, 0.1) is 50.6 Å². The summed E-state index contributed by atoms with van der Waals surface area (Å²) in [4.78, 5) is 90.7. The molecule has 73 heavy (non-hydrogen) atoms. The van der Waals surface area contributed by atoms with E-state index >= 15 is 0 Å². The van der Waals surface area contributed by atoms with Crippen LogP contribution in [0.3, 0.4) is 0 Å². The first-order chi connectivity index (χ1) is 34.7. The molecule has 0 aromatic carbocycles. The van der Waals surface area contributed by atoms with Gasteiger partial charge in [0.2, 0.25) is 6.79 Å². The summed E-state index contributed by atoms with van der Waals surface area (Å²) in [5.41, 5.74) is 0. The number of hydrogen-bond acceptors (Lipinski definition) is 13. The Morgan fingerprint density at radius 2 is 0.685 bits per heavy atom. The molecule has 0 aromatic rings. The predicted octanol–water partition coefficient (Wildman–Crippen LogP) is 14.5. The standard InChI is InChI=1S/2C23H44O6.C5H8O4.C3H4O2.CH4/c1-3-4-5-6-10-15-20(22(24)25)16-11-7-8-12-17-21(23(26)27)18-13-9-14-19-29-28-2;1-3-15-20(22(24)25)16-12-8-9-13-18-21(23(26)27)17-11-7-5-6-10-14-19-29-28-4-2;1-3-6-8-5-9-7-4-2;1-2-3(4)5;/h2*20-21H,3-19H2,1-2H3,(H,24,25)(H,26,27);3-4H,1-2,5H2;2H,1H2,(H,4,5);1H4. The van der Waals surface area contributed by atoms with Gasteiger partial charge in [-0.25, -0.2) is 24.3 Å². The molecular weight excluding hydrogens is 949 g/mol. The lowest BCUT2D eigenvalue weighted by Gasteiger charge is -2.13. The zero-order valence-corrected chi connectivity index (χ0v) is 45.0. The molecular formula is C55H104O18. The second-order valence-corrected chi connectivity index (χ2v) is 17.5. The second-order valence-electron chi connectivity index (χ2n) is 17.5. The van der Waals surface area contributed by atoms with E-state index in [1.807, 2.05) is 13.8 Å². The van der Waals surface area contributed by atoms with Crippen molar-refractivity contribution in [2.24, 2.45) is 23.7 Å². The van der Waals surface area contributed by atoms with Crippen molar-refractivity contribution in [1.82, 2.24) is 0 Å². The fourth-order valence-electron chi connectivity index (χ4n) is 7.56. The smallest absolute Gasteiger partial charge is 0.327 e. The molecule has 0 aromatic heterocycles. The van der Waals surface area contributed by atoms with Gasteiger partial charge < -0.3 is 35.3 Å². The Bertz CT molecular complexity index is 1260. The second kappa shape index (κ2) is 64.0. The van der Waals surface area contributed by atoms with Gasteiger partial charge >= 0.3 is 29.8 Å². The fraction of sp³-hybridized carbons (Fsp3) is 0.800. The van der Waals surface area contributed by atoms with E-state index in [0.29, 0.717) is 32.7 Å². The highest BCUT2D eigenvalue weighted by Gasteiger charge is 2.19. The Balaban J connectivity index is -0.000000330. The maximum atomic E-state index is 11.5. The lowest BCUT2D eigenvalue weighted by Crippen LogP contribution is -2.14. The number of hydrogen-bond donors (Lipinski definition) is 5. The van der Waals surface area contributed by atoms with Crippen LogP contribution in [0.4, 0.5) is 0 Å². The zero-order valence-electron chi connectivity index (χ0n) is 45.0. The van der Waals surface area contributed by atoms with Gasteiger partial charge in [-0.15, -0.1) is 0 Å². The highest BCUT2D eigenvalue weighted by Crippen LogP contribution is 2.23. The average molecular weight is 1050 g/mol. The van der Waals surface area contributed by atoms with Gasteiger partial charge in [-0.2, -0.15) is 9.78 Å². The van der Waals surface area contributed by atoms with Gasteiger partial charge in [-0.3, -0.25) is 19.2 Å². The molecule has 0 rings (SSSR count). The van der Waals surface area contributed by atoms with Crippen molar-refractivity contribution in [2.45, 2.75) is 227 Å². The van der Waals surface area contributed by atoms with Gasteiger partial charge in [-0.1, -0.05) is 176 Å². The van der Waals surface area contributed by atoms with E-state index in [4.69, 9.17) is 24.9 Å². The highest BCUT2D eigenvalue weighted by molar-refractivity contribution is 5.78. The van der Waals surface area contributed by atoms with E-state index < -0.39 is 29.8 Å². The summed E-state index contributed by atoms with van der Waals surface area (Å²) < 4.78 is 0. The van der Waals surface area contributed by atoms with Gasteiger partial charge in [0.25, 0.3) is 0 Å². The Labute approximate surface area is 440 Å². The van der Waals surface area contributed by atoms with E-state index in [2.05, 4.69) is 51.1 Å². The van der Waals surface area contributed by atoms with Crippen LogP contribution in [-0.2, 0) is 63.1 Å². The number of carboxylic acid groups (broad SMARTS) is 5. The van der Waals surface area contributed by atoms with Crippen LogP contribution < -0.4 is 0 Å². The SMILES string of the molecule is C.C=CC(=O)O.C=COOCOOC=C.CCCC(CCCCCCC(CCCCCCCCOOCC)C(=O)O)C(=O)O.CCCCCCCC(CCCCCCC(CCCCCOOC)C(=O)O)C(=O)O. The largest absolute Gasteiger partial charge is 0.481 e. The third kappa shape index (κ3) is 64.0. The number of rotatable bonds is 51. The molecule has 0 saturated heterocycles. The molecule has 0 heterocycles. The van der Waals surface area contributed by atoms with Crippen molar-refractivity contribution in [3.63, 3.8) is 0 Å². The van der Waals surface area contributed by atoms with Crippen molar-refractivity contribution in [2.75, 3.05) is 33.7 Å². The summed E-state index contributed by atoms with van der Waals surface area (Å²) >= 11 is 0. The van der Waals surface area contributed by atoms with Gasteiger partial charge in [0.15, 0.2) is 0 Å². The summed E-state index contributed by atoms with van der Waals surface area (Å²) in [6.45, 7) is 17.1. The first-order valence-corrected chi connectivity index (χ1v) is 26.7. The topological polar surface area (TPSA) is 260 Å². The minimum Gasteiger partial charge on any atom is -0.481 e. The van der Waals surface area contributed by atoms with Crippen LogP contribution in [0.15, 0.2) is 38.3 Å². The highest BCUT2D eigenvalue weighted by atomic mass is 17.3. The van der Waals surface area contributed by atoms with Crippen LogP contribution in [0, 0.1) is 23.7 Å². The van der Waals surface area contributed by atoms with E-state index in [1.54, 1.807) is 0 Å². The Morgan fingerprint density at radius 3 is 0.959 bits per heavy atom. The summed E-state index contributed by atoms with van der Waals surface area (Å²) in [6, 6.07) is 0. The minimum atomic E-state index is -0.981. The van der Waals surface area contributed by atoms with Gasteiger partial charge in [0, 0.05) is 6.08 Å². The Kier molecular flexibility index (Phi) is 68.3. The van der Waals surface area contributed by atoms with Crippen molar-refractivity contribution in [3.8, 4) is 0 Å². The van der Waals surface area contributed by atoms with Crippen LogP contribution in [0.2, 0.25) is 0 Å². The molecule has 432 valence electrons. The van der Waals surface area contributed by atoms with E-state index in [0.717, 1.165) is 186 Å². The van der Waals surface area contributed by atoms with Gasteiger partial charge in [0.1, 0.15) is 12.5 Å². The molecule has 0 amide bonds. The lowest BCUT2D eigenvalue weighted by atomic mass is 9.92. The molecule has 18 nitrogen and oxygen atoms in total. The quantitative estimate of drug-likeness (QED) is 0.00947. The van der Waals surface area contributed by atoms with Crippen molar-refractivity contribution >= 4 is 29.8 Å². The molecule has 0 bridgehead atoms. The molecule has 0 aliphatic carbocycles. The average Bonchev–Trinajstić information content (AvgIpc) is 3.35. The number of carboxylic acids is 5. The fourth-order valence-corrected chi connectivity index (χ4v) is 7.56. The van der Waals surface area contributed by atoms with Crippen molar-refractivity contribution in [1.29, 1.82) is 0 Å². The van der Waals surface area contributed by atoms with Crippen LogP contribution in [0.5, 0.6) is 0 Å². The molecule has 0 aliphatic heterocycles. The van der Waals surface area contributed by atoms with Crippen LogP contribution >= 0.6 is 0 Å². The van der Waals surface area contributed by atoms with Crippen molar-refractivity contribution < 1.29 is 88.6 Å². The predicted molar refractivity (Wildman–Crippen MR) is 284 cm³/mol. The maximum Gasteiger partial charge on any atom is 0.327 e. The zero-order chi connectivity index (χ0) is 54.7. The molecule has 0 saturated carbocycles. The van der Waals surface area contributed by atoms with Crippen LogP contribution in [0.1, 0.15) is 227 Å². The first-order valence-electron chi connectivity index (χ1n) is 26.7. The number of unbranched alkanes of at least 4 members (excludes halogenated alkanes) is 17. The van der Waals surface area contributed by atoms with Crippen LogP contribution in [0.25, 0.3) is 0 Å². The normalized spacial score (nSPS) is 12.0. The first kappa shape index (κ1) is 77.8. The molecule has 0 spiro atoms. The molecule has 4 atom stereocenters.